The van der Waals surface area contributed by atoms with Gasteiger partial charge in [0.2, 0.25) is 5.91 Å². The monoisotopic (exact) mass is 334 g/mol. The largest absolute Gasteiger partial charge is 0.384 e. The fraction of sp³-hybridized carbons (Fsp3) is 0.200. The molecule has 2 heterocycles. The highest BCUT2D eigenvalue weighted by Crippen LogP contribution is 2.23. The van der Waals surface area contributed by atoms with E-state index < -0.39 is 0 Å². The standard InChI is InChI=1S/C20H22N4O/c1-14-4-7-17-16(12-23(2)18(17)10-14)13-24(3)20(25)9-6-15-5-8-19(21)22-11-15/h4-12H,13H2,1-3H3,(H2,21,22). The van der Waals surface area contributed by atoms with Gasteiger partial charge in [-0.3, -0.25) is 4.79 Å². The molecule has 0 bridgehead atoms. The zero-order chi connectivity index (χ0) is 18.0. The Kier molecular flexibility index (Phi) is 4.57. The van der Waals surface area contributed by atoms with Crippen molar-refractivity contribution in [3.05, 3.63) is 65.5 Å². The van der Waals surface area contributed by atoms with Crippen molar-refractivity contribution in [3.8, 4) is 0 Å². The van der Waals surface area contributed by atoms with Crippen molar-refractivity contribution < 1.29 is 4.79 Å². The molecular weight excluding hydrogens is 312 g/mol. The lowest BCUT2D eigenvalue weighted by Crippen LogP contribution is -2.24. The van der Waals surface area contributed by atoms with Crippen molar-refractivity contribution in [2.45, 2.75) is 13.5 Å². The van der Waals surface area contributed by atoms with Gasteiger partial charge in [-0.15, -0.1) is 0 Å². The summed E-state index contributed by atoms with van der Waals surface area (Å²) in [6.45, 7) is 2.64. The number of benzene rings is 1. The van der Waals surface area contributed by atoms with Gasteiger partial charge >= 0.3 is 0 Å². The molecule has 0 aliphatic carbocycles. The molecule has 0 aliphatic heterocycles. The van der Waals surface area contributed by atoms with Crippen LogP contribution in [0, 0.1) is 6.92 Å². The highest BCUT2D eigenvalue weighted by Gasteiger charge is 2.11. The predicted octanol–water partition coefficient (Wildman–Crippen LogP) is 3.14. The average molecular weight is 334 g/mol. The Morgan fingerprint density at radius 3 is 2.84 bits per heavy atom. The normalized spacial score (nSPS) is 11.3. The lowest BCUT2D eigenvalue weighted by Gasteiger charge is -2.14. The molecule has 5 nitrogen and oxygen atoms in total. The van der Waals surface area contributed by atoms with Crippen LogP contribution in [0.1, 0.15) is 16.7 Å². The minimum Gasteiger partial charge on any atom is -0.384 e. The first kappa shape index (κ1) is 16.8. The number of hydrogen-bond acceptors (Lipinski definition) is 3. The van der Waals surface area contributed by atoms with Crippen LogP contribution in [0.15, 0.2) is 48.8 Å². The number of nitrogens with zero attached hydrogens (tertiary/aromatic N) is 3. The molecule has 0 atom stereocenters. The van der Waals surface area contributed by atoms with Gasteiger partial charge < -0.3 is 15.2 Å². The first-order chi connectivity index (χ1) is 11.9. The maximum atomic E-state index is 12.4. The van der Waals surface area contributed by atoms with E-state index in [2.05, 4.69) is 40.9 Å². The number of aromatic nitrogens is 2. The number of nitrogens with two attached hydrogens (primary N) is 1. The number of hydrogen-bond donors (Lipinski definition) is 1. The average Bonchev–Trinajstić information content (AvgIpc) is 2.89. The van der Waals surface area contributed by atoms with Crippen molar-refractivity contribution in [3.63, 3.8) is 0 Å². The molecule has 128 valence electrons. The van der Waals surface area contributed by atoms with Gasteiger partial charge in [0.05, 0.1) is 0 Å². The van der Waals surface area contributed by atoms with Crippen LogP contribution in [0.5, 0.6) is 0 Å². The van der Waals surface area contributed by atoms with Crippen molar-refractivity contribution in [1.29, 1.82) is 0 Å². The second-order valence-electron chi connectivity index (χ2n) is 6.33. The van der Waals surface area contributed by atoms with E-state index in [4.69, 9.17) is 5.73 Å². The number of carbonyl (C=O) groups excluding carboxylic acids is 1. The number of rotatable bonds is 4. The van der Waals surface area contributed by atoms with Gasteiger partial charge in [-0.1, -0.05) is 12.1 Å². The van der Waals surface area contributed by atoms with Crippen molar-refractivity contribution >= 4 is 28.7 Å². The van der Waals surface area contributed by atoms with E-state index in [1.165, 1.54) is 16.5 Å². The van der Waals surface area contributed by atoms with Crippen LogP contribution < -0.4 is 5.73 Å². The summed E-state index contributed by atoms with van der Waals surface area (Å²) in [4.78, 5) is 18.1. The van der Waals surface area contributed by atoms with E-state index in [9.17, 15) is 4.79 Å². The number of amides is 1. The maximum Gasteiger partial charge on any atom is 0.246 e. The summed E-state index contributed by atoms with van der Waals surface area (Å²) in [6, 6.07) is 9.93. The second-order valence-corrected chi connectivity index (χ2v) is 6.33. The topological polar surface area (TPSA) is 64.2 Å². The van der Waals surface area contributed by atoms with Crippen LogP contribution in [-0.2, 0) is 18.4 Å². The molecule has 0 fully saturated rings. The molecule has 0 spiro atoms. The number of nitrogen functional groups attached to an aromatic ring is 1. The van der Waals surface area contributed by atoms with Gasteiger partial charge in [0, 0.05) is 50.0 Å². The van der Waals surface area contributed by atoms with E-state index in [0.717, 1.165) is 11.1 Å². The Morgan fingerprint density at radius 2 is 2.12 bits per heavy atom. The van der Waals surface area contributed by atoms with Crippen LogP contribution in [0.4, 0.5) is 5.82 Å². The van der Waals surface area contributed by atoms with Gasteiger partial charge in [0.15, 0.2) is 0 Å². The first-order valence-corrected chi connectivity index (χ1v) is 8.13. The summed E-state index contributed by atoms with van der Waals surface area (Å²) >= 11 is 0. The molecule has 2 aromatic heterocycles. The molecule has 1 amide bonds. The lowest BCUT2D eigenvalue weighted by atomic mass is 10.1. The summed E-state index contributed by atoms with van der Waals surface area (Å²) in [5.74, 6) is 0.410. The van der Waals surface area contributed by atoms with E-state index in [1.54, 1.807) is 36.4 Å². The molecule has 3 aromatic rings. The zero-order valence-corrected chi connectivity index (χ0v) is 14.7. The number of pyridine rings is 1. The number of anilines is 1. The molecule has 0 radical (unpaired) electrons. The molecule has 3 rings (SSSR count). The molecule has 0 saturated carbocycles. The van der Waals surface area contributed by atoms with Gasteiger partial charge in [-0.25, -0.2) is 4.98 Å². The summed E-state index contributed by atoms with van der Waals surface area (Å²) in [7, 11) is 3.84. The third-order valence-electron chi connectivity index (χ3n) is 4.24. The molecule has 0 saturated heterocycles. The summed E-state index contributed by atoms with van der Waals surface area (Å²) in [6.07, 6.45) is 7.04. The minimum absolute atomic E-state index is 0.0547. The highest BCUT2D eigenvalue weighted by molar-refractivity contribution is 5.92. The molecule has 0 unspecified atom stereocenters. The Morgan fingerprint density at radius 1 is 1.32 bits per heavy atom. The van der Waals surface area contributed by atoms with Crippen LogP contribution >= 0.6 is 0 Å². The van der Waals surface area contributed by atoms with Crippen LogP contribution in [0.2, 0.25) is 0 Å². The van der Waals surface area contributed by atoms with Gasteiger partial charge in [0.25, 0.3) is 0 Å². The third kappa shape index (κ3) is 3.71. The van der Waals surface area contributed by atoms with Crippen LogP contribution in [-0.4, -0.2) is 27.4 Å². The number of fused-ring (bicyclic) bond motifs is 1. The zero-order valence-electron chi connectivity index (χ0n) is 14.7. The van der Waals surface area contributed by atoms with Gasteiger partial charge in [-0.05, 0) is 47.9 Å². The van der Waals surface area contributed by atoms with E-state index >= 15 is 0 Å². The summed E-state index contributed by atoms with van der Waals surface area (Å²) in [5.41, 5.74) is 9.95. The summed E-state index contributed by atoms with van der Waals surface area (Å²) < 4.78 is 2.10. The van der Waals surface area contributed by atoms with E-state index in [0.29, 0.717) is 12.4 Å². The Bertz CT molecular complexity index is 938. The fourth-order valence-electron chi connectivity index (χ4n) is 2.85. The number of likely N-dealkylation sites (N-methyl/N-ethyl adjacent to an activating group) is 1. The molecule has 0 aliphatic rings. The van der Waals surface area contributed by atoms with Crippen molar-refractivity contribution in [2.75, 3.05) is 12.8 Å². The van der Waals surface area contributed by atoms with Crippen molar-refractivity contribution in [2.24, 2.45) is 7.05 Å². The van der Waals surface area contributed by atoms with Gasteiger partial charge in [-0.2, -0.15) is 0 Å². The molecule has 1 aromatic carbocycles. The summed E-state index contributed by atoms with van der Waals surface area (Å²) in [5, 5.41) is 1.18. The Hall–Kier alpha value is -3.08. The smallest absolute Gasteiger partial charge is 0.246 e. The van der Waals surface area contributed by atoms with Gasteiger partial charge in [0.1, 0.15) is 5.82 Å². The molecule has 5 heteroatoms. The van der Waals surface area contributed by atoms with E-state index in [1.807, 2.05) is 13.1 Å². The highest BCUT2D eigenvalue weighted by atomic mass is 16.2. The lowest BCUT2D eigenvalue weighted by molar-refractivity contribution is -0.125. The molecular formula is C20H22N4O. The fourth-order valence-corrected chi connectivity index (χ4v) is 2.85. The third-order valence-corrected chi connectivity index (χ3v) is 4.24. The minimum atomic E-state index is -0.0547. The quantitative estimate of drug-likeness (QED) is 0.746. The number of aryl methyl sites for hydroxylation is 2. The Labute approximate surface area is 147 Å². The molecule has 2 N–H and O–H groups in total. The van der Waals surface area contributed by atoms with Crippen molar-refractivity contribution in [1.82, 2.24) is 14.5 Å². The predicted molar refractivity (Wildman–Crippen MR) is 102 cm³/mol. The van der Waals surface area contributed by atoms with Crippen LogP contribution in [0.3, 0.4) is 0 Å². The maximum absolute atomic E-state index is 12.4. The SMILES string of the molecule is Cc1ccc2c(CN(C)C(=O)C=Cc3ccc(N)nc3)cn(C)c2c1. The molecule has 25 heavy (non-hydrogen) atoms. The second kappa shape index (κ2) is 6.81. The first-order valence-electron chi connectivity index (χ1n) is 8.13. The Balaban J connectivity index is 1.74. The van der Waals surface area contributed by atoms with E-state index in [-0.39, 0.29) is 5.91 Å². The number of carbonyl (C=O) groups is 1. The van der Waals surface area contributed by atoms with Crippen LogP contribution in [0.25, 0.3) is 17.0 Å².